The van der Waals surface area contributed by atoms with E-state index in [1.807, 2.05) is 0 Å². The summed E-state index contributed by atoms with van der Waals surface area (Å²) in [5.74, 6) is -0.949. The second-order valence-electron chi connectivity index (χ2n) is 3.22. The van der Waals surface area contributed by atoms with Crippen LogP contribution in [0.2, 0.25) is 0 Å². The van der Waals surface area contributed by atoms with Crippen LogP contribution in [0.25, 0.3) is 0 Å². The van der Waals surface area contributed by atoms with Crippen molar-refractivity contribution in [3.8, 4) is 11.5 Å². The Bertz CT molecular complexity index is 393. The van der Waals surface area contributed by atoms with Crippen molar-refractivity contribution in [1.82, 2.24) is 0 Å². The monoisotopic (exact) mass is 246 g/mol. The number of hydrogen-bond donors (Lipinski definition) is 1. The van der Waals surface area contributed by atoms with E-state index in [0.29, 0.717) is 5.56 Å². The fraction of sp³-hybridized carbons (Fsp3) is 0.364. The van der Waals surface area contributed by atoms with Crippen molar-refractivity contribution in [2.75, 3.05) is 7.11 Å². The summed E-state index contributed by atoms with van der Waals surface area (Å²) >= 11 is 0. The molecule has 4 nitrogen and oxygen atoms in total. The third-order valence-corrected chi connectivity index (χ3v) is 2.10. The van der Waals surface area contributed by atoms with Crippen LogP contribution < -0.4 is 9.47 Å². The summed E-state index contributed by atoms with van der Waals surface area (Å²) < 4.78 is 33.7. The lowest BCUT2D eigenvalue weighted by atomic mass is 10.1. The van der Waals surface area contributed by atoms with Gasteiger partial charge in [0.25, 0.3) is 0 Å². The molecule has 0 aliphatic heterocycles. The van der Waals surface area contributed by atoms with Gasteiger partial charge < -0.3 is 14.6 Å². The van der Waals surface area contributed by atoms with Gasteiger partial charge in [0.05, 0.1) is 7.11 Å². The van der Waals surface area contributed by atoms with E-state index >= 15 is 0 Å². The molecular weight excluding hydrogens is 234 g/mol. The highest BCUT2D eigenvalue weighted by atomic mass is 19.3. The van der Waals surface area contributed by atoms with E-state index in [9.17, 15) is 13.6 Å². The van der Waals surface area contributed by atoms with Gasteiger partial charge in [0.1, 0.15) is 0 Å². The fourth-order valence-corrected chi connectivity index (χ4v) is 1.38. The first-order chi connectivity index (χ1) is 8.04. The molecule has 94 valence electrons. The molecule has 17 heavy (non-hydrogen) atoms. The minimum atomic E-state index is -2.98. The number of para-hydroxylation sites is 1. The molecule has 0 spiro atoms. The van der Waals surface area contributed by atoms with Gasteiger partial charge in [-0.1, -0.05) is 12.1 Å². The summed E-state index contributed by atoms with van der Waals surface area (Å²) in [5, 5.41) is 8.55. The van der Waals surface area contributed by atoms with Crippen molar-refractivity contribution in [2.45, 2.75) is 19.5 Å². The van der Waals surface area contributed by atoms with E-state index in [2.05, 4.69) is 4.74 Å². The van der Waals surface area contributed by atoms with Crippen molar-refractivity contribution in [1.29, 1.82) is 0 Å². The van der Waals surface area contributed by atoms with Crippen molar-refractivity contribution in [3.05, 3.63) is 23.8 Å². The minimum Gasteiger partial charge on any atom is -0.493 e. The average molecular weight is 246 g/mol. The lowest BCUT2D eigenvalue weighted by Gasteiger charge is -2.13. The van der Waals surface area contributed by atoms with Gasteiger partial charge in [-0.25, -0.2) is 0 Å². The Morgan fingerprint density at radius 3 is 2.71 bits per heavy atom. The van der Waals surface area contributed by atoms with Gasteiger partial charge in [-0.3, -0.25) is 4.79 Å². The summed E-state index contributed by atoms with van der Waals surface area (Å²) in [4.78, 5) is 10.4. The smallest absolute Gasteiger partial charge is 0.387 e. The second kappa shape index (κ2) is 6.03. The molecule has 0 aliphatic rings. The van der Waals surface area contributed by atoms with E-state index in [4.69, 9.17) is 9.84 Å². The van der Waals surface area contributed by atoms with Crippen molar-refractivity contribution in [2.24, 2.45) is 0 Å². The number of rotatable bonds is 6. The van der Waals surface area contributed by atoms with E-state index in [1.165, 1.54) is 19.2 Å². The lowest BCUT2D eigenvalue weighted by Crippen LogP contribution is -2.07. The number of carboxylic acids is 1. The Morgan fingerprint density at radius 2 is 2.18 bits per heavy atom. The molecular formula is C11H12F2O4. The minimum absolute atomic E-state index is 0.105. The first-order valence-electron chi connectivity index (χ1n) is 4.87. The number of aryl methyl sites for hydroxylation is 1. The Balaban J connectivity index is 2.96. The molecule has 0 heterocycles. The molecule has 0 saturated heterocycles. The number of benzene rings is 1. The molecule has 1 aromatic rings. The standard InChI is InChI=1S/C11H12F2O4/c1-16-8-4-2-3-7(5-6-9(14)15)10(8)17-11(12)13/h2-4,11H,5-6H2,1H3,(H,14,15). The average Bonchev–Trinajstić information content (AvgIpc) is 2.26. The van der Waals surface area contributed by atoms with Crippen LogP contribution in [0.3, 0.4) is 0 Å². The molecule has 0 bridgehead atoms. The summed E-state index contributed by atoms with van der Waals surface area (Å²) in [7, 11) is 1.33. The van der Waals surface area contributed by atoms with Gasteiger partial charge in [0.2, 0.25) is 0 Å². The van der Waals surface area contributed by atoms with Crippen LogP contribution in [0.4, 0.5) is 8.78 Å². The molecule has 0 amide bonds. The van der Waals surface area contributed by atoms with Crippen molar-refractivity contribution < 1.29 is 28.2 Å². The zero-order valence-electron chi connectivity index (χ0n) is 9.15. The van der Waals surface area contributed by atoms with Gasteiger partial charge in [-0.15, -0.1) is 0 Å². The number of ether oxygens (including phenoxy) is 2. The SMILES string of the molecule is COc1cccc(CCC(=O)O)c1OC(F)F. The predicted octanol–water partition coefficient (Wildman–Crippen LogP) is 2.31. The Morgan fingerprint density at radius 1 is 1.47 bits per heavy atom. The van der Waals surface area contributed by atoms with Crippen LogP contribution in [-0.4, -0.2) is 24.8 Å². The van der Waals surface area contributed by atoms with Gasteiger partial charge in [0, 0.05) is 6.42 Å². The molecule has 0 aliphatic carbocycles. The zero-order chi connectivity index (χ0) is 12.8. The number of methoxy groups -OCH3 is 1. The number of aliphatic carboxylic acids is 1. The maximum absolute atomic E-state index is 12.2. The Kier molecular flexibility index (Phi) is 4.68. The molecule has 0 aromatic heterocycles. The van der Waals surface area contributed by atoms with E-state index < -0.39 is 12.6 Å². The van der Waals surface area contributed by atoms with Crippen LogP contribution >= 0.6 is 0 Å². The normalized spacial score (nSPS) is 10.4. The van der Waals surface area contributed by atoms with Crippen LogP contribution in [0, 0.1) is 0 Å². The van der Waals surface area contributed by atoms with Crippen molar-refractivity contribution >= 4 is 5.97 Å². The topological polar surface area (TPSA) is 55.8 Å². The Hall–Kier alpha value is -1.85. The number of carbonyl (C=O) groups is 1. The summed E-state index contributed by atoms with van der Waals surface area (Å²) in [6.45, 7) is -2.98. The molecule has 0 atom stereocenters. The number of alkyl halides is 2. The molecule has 0 saturated carbocycles. The summed E-state index contributed by atoms with van der Waals surface area (Å²) in [5.41, 5.74) is 0.382. The zero-order valence-corrected chi connectivity index (χ0v) is 9.15. The van der Waals surface area contributed by atoms with Crippen LogP contribution in [0.15, 0.2) is 18.2 Å². The molecule has 0 radical (unpaired) electrons. The predicted molar refractivity (Wildman–Crippen MR) is 55.6 cm³/mol. The van der Waals surface area contributed by atoms with Gasteiger partial charge in [-0.05, 0) is 18.1 Å². The van der Waals surface area contributed by atoms with Crippen LogP contribution in [0.1, 0.15) is 12.0 Å². The first-order valence-corrected chi connectivity index (χ1v) is 4.87. The summed E-state index contributed by atoms with van der Waals surface area (Å²) in [6, 6.07) is 4.60. The highest BCUT2D eigenvalue weighted by molar-refractivity contribution is 5.67. The molecule has 0 unspecified atom stereocenters. The van der Waals surface area contributed by atoms with Crippen LogP contribution in [0.5, 0.6) is 11.5 Å². The van der Waals surface area contributed by atoms with Gasteiger partial charge in [0.15, 0.2) is 11.5 Å². The summed E-state index contributed by atoms with van der Waals surface area (Å²) in [6.07, 6.45) is -0.0542. The molecule has 1 rings (SSSR count). The number of halogens is 2. The van der Waals surface area contributed by atoms with Gasteiger partial charge >= 0.3 is 12.6 Å². The van der Waals surface area contributed by atoms with Crippen molar-refractivity contribution in [3.63, 3.8) is 0 Å². The maximum atomic E-state index is 12.2. The number of hydrogen-bond acceptors (Lipinski definition) is 3. The maximum Gasteiger partial charge on any atom is 0.387 e. The lowest BCUT2D eigenvalue weighted by molar-refractivity contribution is -0.136. The second-order valence-corrected chi connectivity index (χ2v) is 3.22. The molecule has 6 heteroatoms. The molecule has 1 N–H and O–H groups in total. The van der Waals surface area contributed by atoms with Gasteiger partial charge in [-0.2, -0.15) is 8.78 Å². The molecule has 1 aromatic carbocycles. The highest BCUT2D eigenvalue weighted by Gasteiger charge is 2.15. The first kappa shape index (κ1) is 13.2. The molecule has 0 fully saturated rings. The fourth-order valence-electron chi connectivity index (χ4n) is 1.38. The van der Waals surface area contributed by atoms with E-state index in [1.54, 1.807) is 6.07 Å². The Labute approximate surface area is 96.8 Å². The number of carboxylic acid groups (broad SMARTS) is 1. The highest BCUT2D eigenvalue weighted by Crippen LogP contribution is 2.33. The third kappa shape index (κ3) is 3.90. The third-order valence-electron chi connectivity index (χ3n) is 2.10. The van der Waals surface area contributed by atoms with E-state index in [0.717, 1.165) is 0 Å². The largest absolute Gasteiger partial charge is 0.493 e. The van der Waals surface area contributed by atoms with Crippen LogP contribution in [-0.2, 0) is 11.2 Å². The van der Waals surface area contributed by atoms with E-state index in [-0.39, 0.29) is 24.3 Å². The quantitative estimate of drug-likeness (QED) is 0.836.